The first-order valence-electron chi connectivity index (χ1n) is 12.9. The van der Waals surface area contributed by atoms with Crippen LogP contribution in [0.4, 0.5) is 11.6 Å². The maximum Gasteiger partial charge on any atom is 0.243 e. The van der Waals surface area contributed by atoms with E-state index in [0.717, 1.165) is 62.0 Å². The molecule has 2 aliphatic rings. The highest BCUT2D eigenvalue weighted by atomic mass is 32.2. The molecule has 1 N–H and O–H groups in total. The minimum Gasteiger partial charge on any atom is -0.381 e. The molecule has 2 saturated heterocycles. The maximum absolute atomic E-state index is 13.1. The molecule has 0 saturated carbocycles. The van der Waals surface area contributed by atoms with E-state index in [4.69, 9.17) is 9.72 Å². The van der Waals surface area contributed by atoms with Crippen LogP contribution in [0.2, 0.25) is 0 Å². The number of nitrogens with one attached hydrogen (secondary N) is 1. The van der Waals surface area contributed by atoms with E-state index >= 15 is 0 Å². The average Bonchev–Trinajstić information content (AvgIpc) is 3.31. The predicted molar refractivity (Wildman–Crippen MR) is 142 cm³/mol. The van der Waals surface area contributed by atoms with Gasteiger partial charge in [0.05, 0.1) is 22.5 Å². The predicted octanol–water partition coefficient (Wildman–Crippen LogP) is 3.46. The lowest BCUT2D eigenvalue weighted by Gasteiger charge is -2.36. The van der Waals surface area contributed by atoms with Crippen molar-refractivity contribution in [2.45, 2.75) is 50.6 Å². The lowest BCUT2D eigenvalue weighted by molar-refractivity contribution is 0.0694. The second-order valence-electron chi connectivity index (χ2n) is 9.85. The summed E-state index contributed by atoms with van der Waals surface area (Å²) >= 11 is 0. The van der Waals surface area contributed by atoms with Gasteiger partial charge in [-0.05, 0) is 63.9 Å². The molecule has 2 aliphatic heterocycles. The Bertz CT molecular complexity index is 1310. The summed E-state index contributed by atoms with van der Waals surface area (Å²) in [4.78, 5) is 16.2. The fourth-order valence-corrected chi connectivity index (χ4v) is 6.48. The van der Waals surface area contributed by atoms with Gasteiger partial charge in [0, 0.05) is 63.4 Å². The van der Waals surface area contributed by atoms with E-state index in [1.54, 1.807) is 34.8 Å². The van der Waals surface area contributed by atoms with E-state index < -0.39 is 10.0 Å². The minimum absolute atomic E-state index is 0.293. The first-order chi connectivity index (χ1) is 17.8. The number of rotatable bonds is 7. The van der Waals surface area contributed by atoms with Crippen LogP contribution in [0.3, 0.4) is 0 Å². The Hall–Kier alpha value is -2.86. The highest BCUT2D eigenvalue weighted by Crippen LogP contribution is 2.30. The number of nitrogens with zero attached hydrogens (tertiary/aromatic N) is 6. The number of hydrogen-bond acceptors (Lipinski definition) is 8. The van der Waals surface area contributed by atoms with Crippen LogP contribution in [-0.4, -0.2) is 82.6 Å². The first kappa shape index (κ1) is 25.8. The monoisotopic (exact) mass is 525 g/mol. The lowest BCUT2D eigenvalue weighted by Crippen LogP contribution is -2.50. The Morgan fingerprint density at radius 2 is 1.70 bits per heavy atom. The zero-order chi connectivity index (χ0) is 26.0. The van der Waals surface area contributed by atoms with Crippen molar-refractivity contribution < 1.29 is 13.2 Å². The van der Waals surface area contributed by atoms with Crippen LogP contribution in [0.1, 0.15) is 38.6 Å². The van der Waals surface area contributed by atoms with Gasteiger partial charge in [-0.15, -0.1) is 0 Å². The van der Waals surface area contributed by atoms with Gasteiger partial charge in [-0.3, -0.25) is 4.90 Å². The van der Waals surface area contributed by atoms with Gasteiger partial charge >= 0.3 is 0 Å². The van der Waals surface area contributed by atoms with Crippen LogP contribution in [0.5, 0.6) is 0 Å². The van der Waals surface area contributed by atoms with Gasteiger partial charge in [0.15, 0.2) is 0 Å². The molecule has 2 aromatic heterocycles. The summed E-state index contributed by atoms with van der Waals surface area (Å²) in [5.74, 6) is 1.40. The number of aryl methyl sites for hydroxylation is 1. The molecule has 2 fully saturated rings. The molecule has 3 aromatic rings. The van der Waals surface area contributed by atoms with E-state index in [1.807, 2.05) is 19.2 Å². The summed E-state index contributed by atoms with van der Waals surface area (Å²) in [5.41, 5.74) is 2.45. The molecule has 198 valence electrons. The number of hydrogen-bond donors (Lipinski definition) is 1. The van der Waals surface area contributed by atoms with Crippen molar-refractivity contribution >= 4 is 21.7 Å². The second kappa shape index (κ2) is 10.9. The van der Waals surface area contributed by atoms with Gasteiger partial charge in [-0.2, -0.15) is 4.31 Å². The van der Waals surface area contributed by atoms with Crippen LogP contribution in [0, 0.1) is 6.92 Å². The first-order valence-corrected chi connectivity index (χ1v) is 14.3. The van der Waals surface area contributed by atoms with Crippen LogP contribution >= 0.6 is 0 Å². The molecule has 5 rings (SSSR count). The van der Waals surface area contributed by atoms with Crippen molar-refractivity contribution in [3.05, 3.63) is 48.5 Å². The molecule has 11 heteroatoms. The normalized spacial score (nSPS) is 18.4. The Morgan fingerprint density at radius 3 is 2.38 bits per heavy atom. The molecule has 37 heavy (non-hydrogen) atoms. The molecule has 1 aromatic carbocycles. The number of anilines is 2. The van der Waals surface area contributed by atoms with Crippen LogP contribution < -0.4 is 5.32 Å². The lowest BCUT2D eigenvalue weighted by atomic mass is 10.1. The number of benzene rings is 1. The van der Waals surface area contributed by atoms with Crippen LogP contribution in [0.25, 0.3) is 11.4 Å². The molecule has 0 amide bonds. The van der Waals surface area contributed by atoms with Crippen molar-refractivity contribution in [2.24, 2.45) is 0 Å². The number of piperazine rings is 1. The summed E-state index contributed by atoms with van der Waals surface area (Å²) < 4.78 is 35.6. The van der Waals surface area contributed by atoms with Crippen LogP contribution in [-0.2, 0) is 14.8 Å². The Labute approximate surface area is 218 Å². The smallest absolute Gasteiger partial charge is 0.243 e. The van der Waals surface area contributed by atoms with Crippen molar-refractivity contribution in [2.75, 3.05) is 44.7 Å². The van der Waals surface area contributed by atoms with E-state index in [-0.39, 0.29) is 0 Å². The standard InChI is InChI=1S/C26H35N7O3S/c1-19(2)31-12-14-32(15-13-31)37(34,35)23-6-4-21(5-7-23)29-26-27-11-8-24(30-26)25-18-28-20(3)33(25)22-9-16-36-17-10-22/h4-8,11,18-19,22H,9-10,12-17H2,1-3H3,(H,27,29,30). The highest BCUT2D eigenvalue weighted by molar-refractivity contribution is 7.89. The number of sulfonamides is 1. The topological polar surface area (TPSA) is 105 Å². The van der Waals surface area contributed by atoms with E-state index in [2.05, 4.69) is 38.6 Å². The van der Waals surface area contributed by atoms with Gasteiger partial charge < -0.3 is 14.6 Å². The molecule has 0 radical (unpaired) electrons. The van der Waals surface area contributed by atoms with Gasteiger partial charge in [0.1, 0.15) is 5.82 Å². The number of imidazole rings is 1. The SMILES string of the molecule is Cc1ncc(-c2ccnc(Nc3ccc(S(=O)(=O)N4CCN(C(C)C)CC4)cc3)n2)n1C1CCOCC1. The van der Waals surface area contributed by atoms with E-state index in [0.29, 0.717) is 36.0 Å². The summed E-state index contributed by atoms with van der Waals surface area (Å²) in [5, 5.41) is 3.21. The molecular formula is C26H35N7O3S. The number of aromatic nitrogens is 4. The fraction of sp³-hybridized carbons (Fsp3) is 0.500. The summed E-state index contributed by atoms with van der Waals surface area (Å²) in [6, 6.07) is 9.42. The second-order valence-corrected chi connectivity index (χ2v) is 11.8. The van der Waals surface area contributed by atoms with Gasteiger partial charge in [-0.25, -0.2) is 23.4 Å². The summed E-state index contributed by atoms with van der Waals surface area (Å²) in [6.07, 6.45) is 5.47. The molecule has 0 bridgehead atoms. The van der Waals surface area contributed by atoms with Crippen LogP contribution in [0.15, 0.2) is 47.6 Å². The highest BCUT2D eigenvalue weighted by Gasteiger charge is 2.29. The zero-order valence-corrected chi connectivity index (χ0v) is 22.5. The van der Waals surface area contributed by atoms with Gasteiger partial charge in [0.2, 0.25) is 16.0 Å². The Kier molecular flexibility index (Phi) is 7.57. The fourth-order valence-electron chi connectivity index (χ4n) is 5.06. The van der Waals surface area contributed by atoms with Crippen molar-refractivity contribution in [3.8, 4) is 11.4 Å². The third kappa shape index (κ3) is 5.54. The van der Waals surface area contributed by atoms with Crippen molar-refractivity contribution in [1.82, 2.24) is 28.7 Å². The average molecular weight is 526 g/mol. The minimum atomic E-state index is -3.53. The molecule has 0 unspecified atom stereocenters. The summed E-state index contributed by atoms with van der Waals surface area (Å²) in [6.45, 7) is 10.3. The quantitative estimate of drug-likeness (QED) is 0.500. The van der Waals surface area contributed by atoms with Gasteiger partial charge in [0.25, 0.3) is 0 Å². The third-order valence-electron chi connectivity index (χ3n) is 7.21. The molecule has 0 atom stereocenters. The van der Waals surface area contributed by atoms with Gasteiger partial charge in [-0.1, -0.05) is 0 Å². The molecule has 0 spiro atoms. The third-order valence-corrected chi connectivity index (χ3v) is 9.12. The maximum atomic E-state index is 13.1. The van der Waals surface area contributed by atoms with Crippen molar-refractivity contribution in [1.29, 1.82) is 0 Å². The molecule has 0 aliphatic carbocycles. The molecule has 4 heterocycles. The summed E-state index contributed by atoms with van der Waals surface area (Å²) in [7, 11) is -3.53. The largest absolute Gasteiger partial charge is 0.381 e. The van der Waals surface area contributed by atoms with Crippen molar-refractivity contribution in [3.63, 3.8) is 0 Å². The Balaban J connectivity index is 1.30. The molecular weight excluding hydrogens is 490 g/mol. The van der Waals surface area contributed by atoms with E-state index in [1.165, 1.54) is 0 Å². The Morgan fingerprint density at radius 1 is 1.00 bits per heavy atom. The molecule has 10 nitrogen and oxygen atoms in total. The number of ether oxygens (including phenoxy) is 1. The van der Waals surface area contributed by atoms with E-state index in [9.17, 15) is 8.42 Å². The zero-order valence-electron chi connectivity index (χ0n) is 21.7.